The Labute approximate surface area is 362 Å². The number of hydrogen-bond acceptors (Lipinski definition) is 10. The maximum atomic E-state index is 14.3. The molecule has 1 aromatic carbocycles. The molecular weight excluding hydrogens is 813 g/mol. The van der Waals surface area contributed by atoms with Crippen molar-refractivity contribution in [2.75, 3.05) is 49.6 Å². The lowest BCUT2D eigenvalue weighted by atomic mass is 9.85. The highest BCUT2D eigenvalue weighted by atomic mass is 19.3. The predicted molar refractivity (Wildman–Crippen MR) is 230 cm³/mol. The molecule has 16 nitrogen and oxygen atoms in total. The number of ether oxygens (including phenoxy) is 2. The summed E-state index contributed by atoms with van der Waals surface area (Å²) in [5, 5.41) is 14.1. The van der Waals surface area contributed by atoms with E-state index in [9.17, 15) is 23.2 Å². The van der Waals surface area contributed by atoms with E-state index in [0.717, 1.165) is 76.9 Å². The van der Waals surface area contributed by atoms with E-state index in [1.54, 1.807) is 33.3 Å². The topological polar surface area (TPSA) is 158 Å². The molecule has 2 amide bonds. The molecular formula is C45H51F2N11O5. The quantitative estimate of drug-likeness (QED) is 0.184. The molecule has 0 spiro atoms. The first kappa shape index (κ1) is 41.1. The van der Waals surface area contributed by atoms with Gasteiger partial charge in [0.2, 0.25) is 5.91 Å². The Morgan fingerprint density at radius 3 is 2.67 bits per heavy atom. The van der Waals surface area contributed by atoms with Crippen molar-refractivity contribution >= 4 is 40.0 Å². The number of para-hydroxylation sites is 1. The minimum absolute atomic E-state index is 0.00403. The van der Waals surface area contributed by atoms with E-state index >= 15 is 0 Å². The molecule has 2 bridgehead atoms. The van der Waals surface area contributed by atoms with Gasteiger partial charge in [0.15, 0.2) is 11.3 Å². The smallest absolute Gasteiger partial charge is 0.329 e. The Hall–Kier alpha value is -5.90. The number of likely N-dealkylation sites (tertiary alicyclic amines) is 1. The second-order valence-corrected chi connectivity index (χ2v) is 17.6. The van der Waals surface area contributed by atoms with Crippen molar-refractivity contribution in [2.24, 2.45) is 13.0 Å². The molecule has 330 valence electrons. The van der Waals surface area contributed by atoms with Crippen molar-refractivity contribution < 1.29 is 27.8 Å². The average Bonchev–Trinajstić information content (AvgIpc) is 4.13. The number of piperidine rings is 2. The normalized spacial score (nSPS) is 24.4. The number of carbonyl (C=O) groups is 2. The number of imidazole rings is 1. The molecule has 4 saturated heterocycles. The summed E-state index contributed by atoms with van der Waals surface area (Å²) >= 11 is 0. The first-order chi connectivity index (χ1) is 30.6. The summed E-state index contributed by atoms with van der Waals surface area (Å²) in [6, 6.07) is 7.06. The molecule has 10 rings (SSSR count). The minimum Gasteiger partial charge on any atom is -0.374 e. The van der Waals surface area contributed by atoms with Gasteiger partial charge in [-0.25, -0.2) is 23.1 Å². The summed E-state index contributed by atoms with van der Waals surface area (Å²) in [7, 11) is 1.71. The molecule has 5 aromatic rings. The van der Waals surface area contributed by atoms with Crippen LogP contribution in [0, 0.1) is 17.8 Å². The Balaban J connectivity index is 0.700. The number of aryl methyl sites for hydroxylation is 1. The molecule has 2 N–H and O–H groups in total. The monoisotopic (exact) mass is 863 g/mol. The van der Waals surface area contributed by atoms with Crippen LogP contribution in [0.2, 0.25) is 0 Å². The zero-order valence-corrected chi connectivity index (χ0v) is 35.2. The maximum Gasteiger partial charge on any atom is 0.329 e. The van der Waals surface area contributed by atoms with Crippen molar-refractivity contribution in [1.29, 1.82) is 0 Å². The molecule has 3 atom stereocenters. The number of allylic oxidation sites excluding steroid dienone is 1. The molecule has 8 heterocycles. The van der Waals surface area contributed by atoms with Gasteiger partial charge in [-0.15, -0.1) is 0 Å². The standard InChI is InChI=1S/C45H51F2N11O5/c1-27-8-13-37(44(60)49-27)58-36-7-3-5-29(40(36)53(2)45(58)61)6-4-20-62-32-14-17-54(18-15-32)23-28-9-11-30(12-10-28)57-25-35(39(52-57)41(46)47)50-43(59)34-22-48-56-19-16-38(51-42(34)56)55-24-33-21-31(55)26-63-33/h3,5,7,16,19,22,25,28,30-33,37,41H,1,8-15,17-18,20-21,23-24,26H2,2H3,(H,49,60)(H,50,59)/t28?,30?,31-,33-,37+/m1/s1. The number of amides is 2. The van der Waals surface area contributed by atoms with Crippen LogP contribution in [0.1, 0.15) is 97.9 Å². The van der Waals surface area contributed by atoms with E-state index in [-0.39, 0.29) is 53.7 Å². The predicted octanol–water partition coefficient (Wildman–Crippen LogP) is 4.98. The van der Waals surface area contributed by atoms with Gasteiger partial charge in [0.05, 0.1) is 59.4 Å². The zero-order valence-electron chi connectivity index (χ0n) is 35.2. The fourth-order valence-corrected chi connectivity index (χ4v) is 10.3. The molecule has 5 fully saturated rings. The van der Waals surface area contributed by atoms with Crippen LogP contribution >= 0.6 is 0 Å². The van der Waals surface area contributed by atoms with Crippen LogP contribution in [0.4, 0.5) is 20.3 Å². The van der Waals surface area contributed by atoms with E-state index in [0.29, 0.717) is 53.3 Å². The van der Waals surface area contributed by atoms with Crippen LogP contribution in [-0.4, -0.2) is 108 Å². The van der Waals surface area contributed by atoms with Crippen LogP contribution in [0.5, 0.6) is 0 Å². The zero-order chi connectivity index (χ0) is 43.4. The molecule has 63 heavy (non-hydrogen) atoms. The number of morpholine rings is 1. The van der Waals surface area contributed by atoms with Gasteiger partial charge in [-0.05, 0) is 81.9 Å². The number of halogens is 2. The van der Waals surface area contributed by atoms with Crippen LogP contribution in [0.3, 0.4) is 0 Å². The molecule has 4 aliphatic heterocycles. The fraction of sp³-hybridized carbons (Fsp3) is 0.511. The summed E-state index contributed by atoms with van der Waals surface area (Å²) in [6.07, 6.45) is 9.54. The largest absolute Gasteiger partial charge is 0.374 e. The number of carbonyl (C=O) groups excluding carboxylic acids is 2. The molecule has 18 heteroatoms. The Kier molecular flexibility index (Phi) is 11.1. The highest BCUT2D eigenvalue weighted by Crippen LogP contribution is 2.36. The van der Waals surface area contributed by atoms with Crippen molar-refractivity contribution in [2.45, 2.75) is 94.5 Å². The van der Waals surface area contributed by atoms with Gasteiger partial charge < -0.3 is 29.9 Å². The number of fused-ring (bicyclic) bond motifs is 4. The SMILES string of the molecule is C=C1CC[C@H](n2c(=O)n(C)c3c(C#CCOC4CCN(CC5CCC(n6cc(NC(=O)c7cnn8ccc(N9C[C@H]%10C[C@@H]9CO%10)nc78)c(C(F)F)n6)CC5)CC4)cccc32)C(=O)N1. The number of hydrogen-bond donors (Lipinski definition) is 2. The molecule has 0 radical (unpaired) electrons. The molecule has 1 saturated carbocycles. The molecule has 4 aromatic heterocycles. The summed E-state index contributed by atoms with van der Waals surface area (Å²) < 4.78 is 46.8. The lowest BCUT2D eigenvalue weighted by Gasteiger charge is -2.36. The van der Waals surface area contributed by atoms with Crippen molar-refractivity contribution in [3.63, 3.8) is 0 Å². The number of benzene rings is 1. The van der Waals surface area contributed by atoms with Gasteiger partial charge in [0.25, 0.3) is 12.3 Å². The third kappa shape index (κ3) is 8.02. The van der Waals surface area contributed by atoms with E-state index in [2.05, 4.69) is 49.1 Å². The van der Waals surface area contributed by atoms with Gasteiger partial charge in [0, 0.05) is 51.3 Å². The second kappa shape index (κ2) is 17.0. The van der Waals surface area contributed by atoms with E-state index in [4.69, 9.17) is 14.5 Å². The number of nitrogens with one attached hydrogen (secondary N) is 2. The lowest BCUT2D eigenvalue weighted by Crippen LogP contribution is -2.40. The Morgan fingerprint density at radius 2 is 1.92 bits per heavy atom. The molecule has 0 unspecified atom stereocenters. The van der Waals surface area contributed by atoms with Gasteiger partial charge in [0.1, 0.15) is 24.0 Å². The van der Waals surface area contributed by atoms with Gasteiger partial charge >= 0.3 is 5.69 Å². The lowest BCUT2D eigenvalue weighted by molar-refractivity contribution is -0.124. The first-order valence-electron chi connectivity index (χ1n) is 22.0. The maximum absolute atomic E-state index is 14.3. The third-order valence-corrected chi connectivity index (χ3v) is 13.6. The average molecular weight is 864 g/mol. The van der Waals surface area contributed by atoms with Crippen LogP contribution in [0.15, 0.2) is 59.9 Å². The number of anilines is 2. The highest BCUT2D eigenvalue weighted by molar-refractivity contribution is 6.08. The van der Waals surface area contributed by atoms with Crippen LogP contribution < -0.4 is 21.2 Å². The van der Waals surface area contributed by atoms with Crippen molar-refractivity contribution in [3.8, 4) is 11.8 Å². The summed E-state index contributed by atoms with van der Waals surface area (Å²) in [5.41, 5.74) is 2.59. The number of rotatable bonds is 10. The first-order valence-corrected chi connectivity index (χ1v) is 22.0. The summed E-state index contributed by atoms with van der Waals surface area (Å²) in [6.45, 7) is 8.33. The van der Waals surface area contributed by atoms with E-state index in [1.807, 2.05) is 24.3 Å². The van der Waals surface area contributed by atoms with Gasteiger partial charge in [-0.2, -0.15) is 10.2 Å². The van der Waals surface area contributed by atoms with Crippen LogP contribution in [-0.2, 0) is 21.3 Å². The van der Waals surface area contributed by atoms with Crippen molar-refractivity contribution in [1.82, 2.24) is 43.7 Å². The number of nitrogens with zero attached hydrogens (tertiary/aromatic N) is 9. The Morgan fingerprint density at radius 1 is 1.10 bits per heavy atom. The molecule has 5 aliphatic rings. The highest BCUT2D eigenvalue weighted by Gasteiger charge is 2.40. The summed E-state index contributed by atoms with van der Waals surface area (Å²) in [5.74, 6) is 6.79. The van der Waals surface area contributed by atoms with E-state index < -0.39 is 24.1 Å². The second-order valence-electron chi connectivity index (χ2n) is 17.6. The minimum atomic E-state index is -2.86. The van der Waals surface area contributed by atoms with Gasteiger partial charge in [-0.1, -0.05) is 24.5 Å². The molecule has 1 aliphatic carbocycles. The van der Waals surface area contributed by atoms with Gasteiger partial charge in [-0.3, -0.25) is 23.4 Å². The number of aromatic nitrogens is 7. The van der Waals surface area contributed by atoms with Crippen LogP contribution in [0.25, 0.3) is 16.7 Å². The third-order valence-electron chi connectivity index (χ3n) is 13.6. The number of alkyl halides is 2. The fourth-order valence-electron chi connectivity index (χ4n) is 10.3. The van der Waals surface area contributed by atoms with E-state index in [1.165, 1.54) is 10.7 Å². The Bertz CT molecular complexity index is 2690. The van der Waals surface area contributed by atoms with Crippen molar-refractivity contribution in [3.05, 3.63) is 82.4 Å². The summed E-state index contributed by atoms with van der Waals surface area (Å²) in [4.78, 5) is 49.0.